The number of rotatable bonds is 4. The summed E-state index contributed by atoms with van der Waals surface area (Å²) in [5.74, 6) is 1.49. The molecule has 0 aromatic carbocycles. The number of imidazole rings is 1. The van der Waals surface area contributed by atoms with Crippen LogP contribution < -0.4 is 10.6 Å². The number of aromatic nitrogens is 4. The molecule has 1 saturated heterocycles. The zero-order valence-corrected chi connectivity index (χ0v) is 12.7. The first-order valence-electron chi connectivity index (χ1n) is 7.37. The second kappa shape index (κ2) is 6.18. The third-order valence-corrected chi connectivity index (χ3v) is 3.81. The lowest BCUT2D eigenvalue weighted by atomic mass is 10.1. The van der Waals surface area contributed by atoms with Gasteiger partial charge >= 0.3 is 6.03 Å². The molecular weight excluding hydrogens is 284 g/mol. The van der Waals surface area contributed by atoms with Crippen LogP contribution in [-0.2, 0) is 18.3 Å². The lowest BCUT2D eigenvalue weighted by Crippen LogP contribution is -2.40. The van der Waals surface area contributed by atoms with Crippen LogP contribution in [0.5, 0.6) is 0 Å². The Labute approximate surface area is 128 Å². The Hall–Kier alpha value is -2.35. The maximum absolute atomic E-state index is 12.1. The molecule has 0 unspecified atom stereocenters. The first-order chi connectivity index (χ1) is 10.7. The number of amides is 2. The highest BCUT2D eigenvalue weighted by Gasteiger charge is 2.33. The van der Waals surface area contributed by atoms with E-state index in [0.29, 0.717) is 12.4 Å². The summed E-state index contributed by atoms with van der Waals surface area (Å²) in [7, 11) is 1.77. The molecule has 2 N–H and O–H groups in total. The number of carbonyl (C=O) groups excluding carboxylic acids is 1. The number of carbonyl (C=O) groups is 1. The Morgan fingerprint density at radius 1 is 1.50 bits per heavy atom. The van der Waals surface area contributed by atoms with Crippen molar-refractivity contribution >= 4 is 11.8 Å². The van der Waals surface area contributed by atoms with E-state index in [-0.39, 0.29) is 18.2 Å². The number of hydrogen-bond donors (Lipinski definition) is 2. The van der Waals surface area contributed by atoms with Crippen LogP contribution in [0.1, 0.15) is 25.3 Å². The van der Waals surface area contributed by atoms with Gasteiger partial charge in [0.1, 0.15) is 17.7 Å². The molecule has 2 amide bonds. The summed E-state index contributed by atoms with van der Waals surface area (Å²) >= 11 is 0. The van der Waals surface area contributed by atoms with E-state index in [4.69, 9.17) is 4.74 Å². The molecule has 1 fully saturated rings. The smallest absolute Gasteiger partial charge is 0.320 e. The van der Waals surface area contributed by atoms with Crippen LogP contribution in [0.15, 0.2) is 24.7 Å². The molecule has 3 rings (SSSR count). The zero-order chi connectivity index (χ0) is 15.5. The third-order valence-electron chi connectivity index (χ3n) is 3.81. The van der Waals surface area contributed by atoms with Gasteiger partial charge in [0.25, 0.3) is 0 Å². The Morgan fingerprint density at radius 3 is 3.09 bits per heavy atom. The summed E-state index contributed by atoms with van der Waals surface area (Å²) in [6, 6.07) is 1.38. The van der Waals surface area contributed by atoms with Crippen LogP contribution >= 0.6 is 0 Å². The van der Waals surface area contributed by atoms with Gasteiger partial charge in [0.15, 0.2) is 0 Å². The average Bonchev–Trinajstić information content (AvgIpc) is 3.20. The number of nitrogens with zero attached hydrogens (tertiary/aromatic N) is 4. The van der Waals surface area contributed by atoms with Gasteiger partial charge < -0.3 is 14.6 Å². The first kappa shape index (κ1) is 14.6. The predicted molar refractivity (Wildman–Crippen MR) is 80.4 cm³/mol. The highest BCUT2D eigenvalue weighted by Crippen LogP contribution is 2.28. The first-order valence-corrected chi connectivity index (χ1v) is 7.37. The van der Waals surface area contributed by atoms with E-state index in [1.54, 1.807) is 30.2 Å². The van der Waals surface area contributed by atoms with E-state index in [1.807, 2.05) is 10.8 Å². The minimum Gasteiger partial charge on any atom is -0.368 e. The van der Waals surface area contributed by atoms with Gasteiger partial charge in [-0.3, -0.25) is 10.00 Å². The van der Waals surface area contributed by atoms with Gasteiger partial charge in [0.05, 0.1) is 12.2 Å². The topological polar surface area (TPSA) is 86.0 Å². The van der Waals surface area contributed by atoms with Gasteiger partial charge in [-0.05, 0) is 13.3 Å². The van der Waals surface area contributed by atoms with Crippen molar-refractivity contribution in [1.29, 1.82) is 0 Å². The van der Waals surface area contributed by atoms with E-state index < -0.39 is 0 Å². The molecule has 1 aliphatic rings. The summed E-state index contributed by atoms with van der Waals surface area (Å²) < 4.78 is 9.40. The van der Waals surface area contributed by atoms with Gasteiger partial charge in [-0.1, -0.05) is 0 Å². The molecule has 8 heteroatoms. The highest BCUT2D eigenvalue weighted by molar-refractivity contribution is 5.88. The summed E-state index contributed by atoms with van der Waals surface area (Å²) in [5, 5.41) is 9.76. The molecule has 0 radical (unpaired) electrons. The third kappa shape index (κ3) is 2.82. The normalized spacial score (nSPS) is 21.0. The summed E-state index contributed by atoms with van der Waals surface area (Å²) in [6.45, 7) is 3.48. The summed E-state index contributed by atoms with van der Waals surface area (Å²) in [4.78, 5) is 16.5. The Kier molecular flexibility index (Phi) is 4.10. The molecule has 1 aliphatic heterocycles. The van der Waals surface area contributed by atoms with Gasteiger partial charge in [-0.2, -0.15) is 5.10 Å². The minimum atomic E-state index is -0.265. The molecule has 22 heavy (non-hydrogen) atoms. The van der Waals surface area contributed by atoms with E-state index in [0.717, 1.165) is 18.8 Å². The summed E-state index contributed by atoms with van der Waals surface area (Å²) in [5.41, 5.74) is 0. The largest absolute Gasteiger partial charge is 0.368 e. The van der Waals surface area contributed by atoms with Crippen molar-refractivity contribution in [1.82, 2.24) is 24.6 Å². The fourth-order valence-corrected chi connectivity index (χ4v) is 2.65. The van der Waals surface area contributed by atoms with Crippen molar-refractivity contribution in [3.63, 3.8) is 0 Å². The number of aryl methyl sites for hydroxylation is 2. The lowest BCUT2D eigenvalue weighted by Gasteiger charge is -2.20. The highest BCUT2D eigenvalue weighted by atomic mass is 16.5. The maximum atomic E-state index is 12.1. The monoisotopic (exact) mass is 304 g/mol. The number of anilines is 1. The van der Waals surface area contributed by atoms with E-state index in [1.165, 1.54) is 0 Å². The summed E-state index contributed by atoms with van der Waals surface area (Å²) in [6.07, 6.45) is 5.86. The molecule has 0 bridgehead atoms. The van der Waals surface area contributed by atoms with Crippen molar-refractivity contribution in [3.05, 3.63) is 30.5 Å². The SMILES string of the molecule is CCn1ccnc1[C@H]1OCC[C@@H]1NC(=O)Nc1ccnn1C. The number of ether oxygens (including phenoxy) is 1. The van der Waals surface area contributed by atoms with E-state index in [2.05, 4.69) is 27.6 Å². The molecule has 118 valence electrons. The molecule has 2 atom stereocenters. The predicted octanol–water partition coefficient (Wildman–Crippen LogP) is 1.29. The number of hydrogen-bond acceptors (Lipinski definition) is 4. The van der Waals surface area contributed by atoms with Crippen LogP contribution in [0.4, 0.5) is 10.6 Å². The molecule has 2 aromatic heterocycles. The second-order valence-corrected chi connectivity index (χ2v) is 5.20. The van der Waals surface area contributed by atoms with Crippen LogP contribution in [0, 0.1) is 0 Å². The van der Waals surface area contributed by atoms with Gasteiger partial charge in [-0.15, -0.1) is 0 Å². The molecular formula is C14H20N6O2. The van der Waals surface area contributed by atoms with Crippen molar-refractivity contribution in [2.45, 2.75) is 32.0 Å². The van der Waals surface area contributed by atoms with Crippen LogP contribution in [-0.4, -0.2) is 38.0 Å². The lowest BCUT2D eigenvalue weighted by molar-refractivity contribution is 0.0906. The fraction of sp³-hybridized carbons (Fsp3) is 0.500. The Morgan fingerprint density at radius 2 is 2.36 bits per heavy atom. The molecule has 0 aliphatic carbocycles. The number of urea groups is 1. The van der Waals surface area contributed by atoms with Crippen molar-refractivity contribution in [2.75, 3.05) is 11.9 Å². The van der Waals surface area contributed by atoms with Gasteiger partial charge in [-0.25, -0.2) is 9.78 Å². The standard InChI is InChI=1S/C14H20N6O2/c1-3-20-8-7-15-13(20)12-10(5-9-22-12)17-14(21)18-11-4-6-16-19(11)2/h4,6-8,10,12H,3,5,9H2,1-2H3,(H2,17,18,21)/t10-,12-/m0/s1. The maximum Gasteiger partial charge on any atom is 0.320 e. The minimum absolute atomic E-state index is 0.0964. The van der Waals surface area contributed by atoms with Crippen molar-refractivity contribution in [2.24, 2.45) is 7.05 Å². The van der Waals surface area contributed by atoms with Crippen molar-refractivity contribution in [3.8, 4) is 0 Å². The zero-order valence-electron chi connectivity index (χ0n) is 12.7. The van der Waals surface area contributed by atoms with Crippen LogP contribution in [0.25, 0.3) is 0 Å². The average molecular weight is 304 g/mol. The van der Waals surface area contributed by atoms with Gasteiger partial charge in [0.2, 0.25) is 0 Å². The van der Waals surface area contributed by atoms with E-state index >= 15 is 0 Å². The van der Waals surface area contributed by atoms with Crippen molar-refractivity contribution < 1.29 is 9.53 Å². The molecule has 0 saturated carbocycles. The Bertz CT molecular complexity index is 649. The number of nitrogens with one attached hydrogen (secondary N) is 2. The van der Waals surface area contributed by atoms with Gasteiger partial charge in [0, 0.05) is 38.7 Å². The quantitative estimate of drug-likeness (QED) is 0.891. The molecule has 0 spiro atoms. The van der Waals surface area contributed by atoms with E-state index in [9.17, 15) is 4.79 Å². The fourth-order valence-electron chi connectivity index (χ4n) is 2.65. The molecule has 8 nitrogen and oxygen atoms in total. The van der Waals surface area contributed by atoms with Crippen LogP contribution in [0.3, 0.4) is 0 Å². The molecule has 3 heterocycles. The van der Waals surface area contributed by atoms with Crippen LogP contribution in [0.2, 0.25) is 0 Å². The Balaban J connectivity index is 1.66. The molecule has 2 aromatic rings. The second-order valence-electron chi connectivity index (χ2n) is 5.20.